The van der Waals surface area contributed by atoms with Crippen LogP contribution >= 0.6 is 0 Å². The molecule has 2 aliphatic rings. The van der Waals surface area contributed by atoms with Gasteiger partial charge in [0.15, 0.2) is 0 Å². The zero-order valence-electron chi connectivity index (χ0n) is 11.9. The SMILES string of the molecule is CCN1CCCC1Cc1cn2c(n1)CCC(CO)C2. The van der Waals surface area contributed by atoms with Gasteiger partial charge in [-0.15, -0.1) is 0 Å². The zero-order chi connectivity index (χ0) is 13.2. The first-order valence-corrected chi connectivity index (χ1v) is 7.70. The Bertz CT molecular complexity index is 429. The van der Waals surface area contributed by atoms with Crippen molar-refractivity contribution in [3.63, 3.8) is 0 Å². The van der Waals surface area contributed by atoms with E-state index in [-0.39, 0.29) is 0 Å². The Morgan fingerprint density at radius 1 is 1.42 bits per heavy atom. The molecule has 0 aromatic carbocycles. The highest BCUT2D eigenvalue weighted by Crippen LogP contribution is 2.23. The molecule has 3 heterocycles. The van der Waals surface area contributed by atoms with E-state index in [0.29, 0.717) is 18.6 Å². The van der Waals surface area contributed by atoms with Gasteiger partial charge in [0.2, 0.25) is 0 Å². The summed E-state index contributed by atoms with van der Waals surface area (Å²) < 4.78 is 2.27. The highest BCUT2D eigenvalue weighted by atomic mass is 16.3. The second-order valence-corrected chi connectivity index (χ2v) is 6.02. The number of fused-ring (bicyclic) bond motifs is 1. The van der Waals surface area contributed by atoms with Crippen molar-refractivity contribution in [2.45, 2.75) is 51.6 Å². The Morgan fingerprint density at radius 2 is 2.32 bits per heavy atom. The van der Waals surface area contributed by atoms with Gasteiger partial charge in [-0.2, -0.15) is 0 Å². The van der Waals surface area contributed by atoms with Crippen LogP contribution in [0.25, 0.3) is 0 Å². The fraction of sp³-hybridized carbons (Fsp3) is 0.800. The predicted molar refractivity (Wildman–Crippen MR) is 75.1 cm³/mol. The van der Waals surface area contributed by atoms with Crippen LogP contribution in [-0.4, -0.2) is 45.3 Å². The highest BCUT2D eigenvalue weighted by molar-refractivity contribution is 5.09. The summed E-state index contributed by atoms with van der Waals surface area (Å²) in [6.07, 6.45) is 8.07. The van der Waals surface area contributed by atoms with Crippen molar-refractivity contribution in [1.29, 1.82) is 0 Å². The number of aliphatic hydroxyl groups is 1. The lowest BCUT2D eigenvalue weighted by molar-refractivity contribution is 0.190. The summed E-state index contributed by atoms with van der Waals surface area (Å²) in [6, 6.07) is 0.690. The quantitative estimate of drug-likeness (QED) is 0.894. The minimum atomic E-state index is 0.305. The number of nitrogens with zero attached hydrogens (tertiary/aromatic N) is 3. The number of hydrogen-bond acceptors (Lipinski definition) is 3. The minimum Gasteiger partial charge on any atom is -0.396 e. The van der Waals surface area contributed by atoms with Crippen LogP contribution in [0.1, 0.15) is 37.7 Å². The number of aryl methyl sites for hydroxylation is 1. The van der Waals surface area contributed by atoms with E-state index >= 15 is 0 Å². The molecule has 1 aromatic rings. The van der Waals surface area contributed by atoms with Crippen molar-refractivity contribution >= 4 is 0 Å². The molecule has 2 atom stereocenters. The predicted octanol–water partition coefficient (Wildman–Crippen LogP) is 1.46. The molecule has 1 saturated heterocycles. The Balaban J connectivity index is 1.68. The second-order valence-electron chi connectivity index (χ2n) is 6.02. The third-order valence-electron chi connectivity index (χ3n) is 4.75. The van der Waals surface area contributed by atoms with Gasteiger partial charge in [-0.25, -0.2) is 4.98 Å². The smallest absolute Gasteiger partial charge is 0.108 e. The molecule has 4 nitrogen and oxygen atoms in total. The normalized spacial score (nSPS) is 27.7. The molecule has 0 bridgehead atoms. The van der Waals surface area contributed by atoms with Crippen LogP contribution < -0.4 is 0 Å². The van der Waals surface area contributed by atoms with E-state index in [0.717, 1.165) is 32.4 Å². The maximum Gasteiger partial charge on any atom is 0.108 e. The van der Waals surface area contributed by atoms with Crippen LogP contribution in [0.15, 0.2) is 6.20 Å². The summed E-state index contributed by atoms with van der Waals surface area (Å²) in [6.45, 7) is 5.91. The van der Waals surface area contributed by atoms with E-state index in [1.54, 1.807) is 0 Å². The molecule has 106 valence electrons. The highest BCUT2D eigenvalue weighted by Gasteiger charge is 2.25. The maximum atomic E-state index is 9.28. The molecule has 1 N–H and O–H groups in total. The minimum absolute atomic E-state index is 0.305. The van der Waals surface area contributed by atoms with E-state index in [1.807, 2.05) is 0 Å². The van der Waals surface area contributed by atoms with Crippen molar-refractivity contribution in [2.75, 3.05) is 19.7 Å². The third-order valence-corrected chi connectivity index (χ3v) is 4.75. The van der Waals surface area contributed by atoms with Gasteiger partial charge in [0, 0.05) is 44.1 Å². The molecule has 0 radical (unpaired) electrons. The van der Waals surface area contributed by atoms with Gasteiger partial charge in [0.25, 0.3) is 0 Å². The lowest BCUT2D eigenvalue weighted by atomic mass is 10.0. The van der Waals surface area contributed by atoms with E-state index in [1.165, 1.54) is 30.9 Å². The van der Waals surface area contributed by atoms with Crippen molar-refractivity contribution in [1.82, 2.24) is 14.5 Å². The average Bonchev–Trinajstić information content (AvgIpc) is 3.03. The molecule has 4 heteroatoms. The molecule has 2 unspecified atom stereocenters. The second kappa shape index (κ2) is 5.63. The van der Waals surface area contributed by atoms with Crippen molar-refractivity contribution in [3.8, 4) is 0 Å². The summed E-state index contributed by atoms with van der Waals surface area (Å²) in [5.74, 6) is 1.65. The maximum absolute atomic E-state index is 9.28. The van der Waals surface area contributed by atoms with Crippen molar-refractivity contribution in [2.24, 2.45) is 5.92 Å². The first-order chi connectivity index (χ1) is 9.30. The number of imidazole rings is 1. The van der Waals surface area contributed by atoms with E-state index < -0.39 is 0 Å². The molecule has 3 rings (SSSR count). The van der Waals surface area contributed by atoms with Gasteiger partial charge in [-0.3, -0.25) is 0 Å². The summed E-state index contributed by atoms with van der Waals surface area (Å²) in [5.41, 5.74) is 1.25. The number of likely N-dealkylation sites (tertiary alicyclic amines) is 1. The van der Waals surface area contributed by atoms with Crippen LogP contribution in [0, 0.1) is 5.92 Å². The van der Waals surface area contributed by atoms with Crippen LogP contribution in [0.4, 0.5) is 0 Å². The standard InChI is InChI=1S/C15H25N3O/c1-2-17-7-3-4-14(17)8-13-10-18-9-12(11-19)5-6-15(18)16-13/h10,12,14,19H,2-9,11H2,1H3. The first-order valence-electron chi connectivity index (χ1n) is 7.70. The summed E-state index contributed by atoms with van der Waals surface area (Å²) in [5, 5.41) is 9.28. The molecule has 1 fully saturated rings. The van der Waals surface area contributed by atoms with E-state index in [4.69, 9.17) is 4.98 Å². The molecular formula is C15H25N3O. The third kappa shape index (κ3) is 2.70. The molecule has 0 saturated carbocycles. The van der Waals surface area contributed by atoms with Gasteiger partial charge in [-0.05, 0) is 32.4 Å². The van der Waals surface area contributed by atoms with Crippen LogP contribution in [0.2, 0.25) is 0 Å². The van der Waals surface area contributed by atoms with Crippen molar-refractivity contribution in [3.05, 3.63) is 17.7 Å². The van der Waals surface area contributed by atoms with E-state index in [2.05, 4.69) is 22.6 Å². The van der Waals surface area contributed by atoms with Crippen LogP contribution in [-0.2, 0) is 19.4 Å². The number of rotatable bonds is 4. The topological polar surface area (TPSA) is 41.3 Å². The Kier molecular flexibility index (Phi) is 3.89. The molecule has 0 aliphatic carbocycles. The molecular weight excluding hydrogens is 238 g/mol. The molecule has 1 aromatic heterocycles. The first kappa shape index (κ1) is 13.1. The van der Waals surface area contributed by atoms with Gasteiger partial charge in [-0.1, -0.05) is 6.92 Å². The van der Waals surface area contributed by atoms with Gasteiger partial charge >= 0.3 is 0 Å². The van der Waals surface area contributed by atoms with Crippen LogP contribution in [0.5, 0.6) is 0 Å². The molecule has 2 aliphatic heterocycles. The monoisotopic (exact) mass is 263 g/mol. The molecule has 0 amide bonds. The van der Waals surface area contributed by atoms with Crippen molar-refractivity contribution < 1.29 is 5.11 Å². The number of hydrogen-bond donors (Lipinski definition) is 1. The number of aliphatic hydroxyl groups excluding tert-OH is 1. The summed E-state index contributed by atoms with van der Waals surface area (Å²) >= 11 is 0. The Hall–Kier alpha value is -0.870. The summed E-state index contributed by atoms with van der Waals surface area (Å²) in [7, 11) is 0. The fourth-order valence-electron chi connectivity index (χ4n) is 3.60. The average molecular weight is 263 g/mol. The van der Waals surface area contributed by atoms with E-state index in [9.17, 15) is 5.11 Å². The lowest BCUT2D eigenvalue weighted by Crippen LogP contribution is -2.30. The zero-order valence-corrected chi connectivity index (χ0v) is 11.9. The lowest BCUT2D eigenvalue weighted by Gasteiger charge is -2.21. The number of aromatic nitrogens is 2. The molecule has 19 heavy (non-hydrogen) atoms. The summed E-state index contributed by atoms with van der Waals surface area (Å²) in [4.78, 5) is 7.38. The number of likely N-dealkylation sites (N-methyl/N-ethyl adjacent to an activating group) is 1. The Morgan fingerprint density at radius 3 is 3.11 bits per heavy atom. The van der Waals surface area contributed by atoms with Gasteiger partial charge in [0.1, 0.15) is 5.82 Å². The van der Waals surface area contributed by atoms with Crippen LogP contribution in [0.3, 0.4) is 0 Å². The molecule has 0 spiro atoms. The van der Waals surface area contributed by atoms with Gasteiger partial charge < -0.3 is 14.6 Å². The van der Waals surface area contributed by atoms with Gasteiger partial charge in [0.05, 0.1) is 5.69 Å². The largest absolute Gasteiger partial charge is 0.396 e. The fourth-order valence-corrected chi connectivity index (χ4v) is 3.60. The Labute approximate surface area is 115 Å².